The van der Waals surface area contributed by atoms with E-state index >= 15 is 0 Å². The maximum Gasteiger partial charge on any atom is 0.306 e. The minimum absolute atomic E-state index is 0.0898. The van der Waals surface area contributed by atoms with Crippen molar-refractivity contribution in [1.82, 2.24) is 15.0 Å². The number of hydrogen-bond acceptors (Lipinski definition) is 6. The van der Waals surface area contributed by atoms with Crippen molar-refractivity contribution in [2.45, 2.75) is 20.8 Å². The van der Waals surface area contributed by atoms with Crippen molar-refractivity contribution >= 4 is 22.0 Å². The van der Waals surface area contributed by atoms with Crippen LogP contribution in [0.4, 0.5) is 0 Å². The number of aromatic nitrogens is 2. The summed E-state index contributed by atoms with van der Waals surface area (Å²) >= 11 is 0. The summed E-state index contributed by atoms with van der Waals surface area (Å²) in [6.45, 7) is 5.48. The van der Waals surface area contributed by atoms with Crippen molar-refractivity contribution < 1.29 is 17.5 Å². The molecule has 0 saturated heterocycles. The van der Waals surface area contributed by atoms with Gasteiger partial charge in [0.1, 0.15) is 5.82 Å². The molecule has 1 aromatic carbocycles. The van der Waals surface area contributed by atoms with Crippen LogP contribution in [0.15, 0.2) is 18.2 Å². The van der Waals surface area contributed by atoms with Crippen molar-refractivity contribution in [3.8, 4) is 11.4 Å². The second kappa shape index (κ2) is 6.65. The molecule has 0 spiro atoms. The van der Waals surface area contributed by atoms with E-state index in [1.54, 1.807) is 6.92 Å². The zero-order chi connectivity index (χ0) is 18.9. The molecule has 1 aromatic heterocycles. The Labute approximate surface area is 145 Å². The maximum atomic E-state index is 12.5. The number of imidazole rings is 1. The first-order valence-corrected chi connectivity index (χ1v) is 9.03. The number of rotatable bonds is 4. The van der Waals surface area contributed by atoms with E-state index in [1.165, 1.54) is 0 Å². The van der Waals surface area contributed by atoms with Gasteiger partial charge in [-0.15, -0.1) is 9.35 Å². The highest BCUT2D eigenvalue weighted by Crippen LogP contribution is 2.22. The normalized spacial score (nSPS) is 11.4. The molecule has 0 bridgehead atoms. The largest absolute Gasteiger partial charge is 0.368 e. The fourth-order valence-corrected chi connectivity index (χ4v) is 2.75. The molecule has 0 aliphatic heterocycles. The van der Waals surface area contributed by atoms with Gasteiger partial charge in [-0.05, 0) is 32.9 Å². The lowest BCUT2D eigenvalue weighted by atomic mass is 10.1. The number of hydroxylamine groups is 2. The Balaban J connectivity index is 2.44. The third-order valence-electron chi connectivity index (χ3n) is 3.20. The number of nitrogens with two attached hydrogens (primary N) is 1. The summed E-state index contributed by atoms with van der Waals surface area (Å²) in [5.41, 5.74) is 8.39. The quantitative estimate of drug-likeness (QED) is 0.422. The van der Waals surface area contributed by atoms with Crippen LogP contribution in [0.5, 0.6) is 0 Å². The summed E-state index contributed by atoms with van der Waals surface area (Å²) in [6.07, 6.45) is 0.745. The molecule has 2 rings (SSSR count). The van der Waals surface area contributed by atoms with Crippen LogP contribution in [0.3, 0.4) is 0 Å². The highest BCUT2D eigenvalue weighted by atomic mass is 32.2. The molecule has 0 aliphatic carbocycles. The lowest BCUT2D eigenvalue weighted by molar-refractivity contribution is 0.0195. The average molecular weight is 365 g/mol. The Morgan fingerprint density at radius 2 is 1.80 bits per heavy atom. The van der Waals surface area contributed by atoms with Gasteiger partial charge in [-0.2, -0.15) is 8.42 Å². The lowest BCUT2D eigenvalue weighted by Crippen LogP contribution is -2.42. The molecule has 1 heterocycles. The number of nitrogens with one attached hydrogen (secondary N) is 2. The Bertz CT molecular complexity index is 929. The van der Waals surface area contributed by atoms with Gasteiger partial charge in [-0.1, -0.05) is 17.2 Å². The van der Waals surface area contributed by atoms with E-state index in [0.29, 0.717) is 11.5 Å². The fraction of sp³-hybridized carbons (Fsp3) is 0.267. The molecule has 0 atom stereocenters. The van der Waals surface area contributed by atoms with Gasteiger partial charge in [0.15, 0.2) is 5.69 Å². The number of aryl methyl sites for hydroxylation is 3. The summed E-state index contributed by atoms with van der Waals surface area (Å²) in [6, 6.07) is 5.80. The van der Waals surface area contributed by atoms with Gasteiger partial charge in [0.05, 0.1) is 6.26 Å². The first-order valence-electron chi connectivity index (χ1n) is 7.21. The molecule has 0 radical (unpaired) electrons. The number of guanidine groups is 1. The SMILES string of the molecule is Cc1cc(C)cc(-c2nc(C(=O)N(OS(C)(=O)=O)C(=N)N)c(C)[nH]2)c1. The molecule has 2 aromatic rings. The van der Waals surface area contributed by atoms with Crippen molar-refractivity contribution in [1.29, 1.82) is 5.41 Å². The van der Waals surface area contributed by atoms with E-state index in [4.69, 9.17) is 11.1 Å². The number of benzene rings is 1. The summed E-state index contributed by atoms with van der Waals surface area (Å²) in [5.74, 6) is -1.39. The van der Waals surface area contributed by atoms with E-state index < -0.39 is 22.0 Å². The van der Waals surface area contributed by atoms with E-state index in [0.717, 1.165) is 22.9 Å². The van der Waals surface area contributed by atoms with E-state index in [9.17, 15) is 13.2 Å². The Hall–Kier alpha value is -2.72. The number of amides is 1. The maximum absolute atomic E-state index is 12.5. The number of H-pyrrole nitrogens is 1. The second-order valence-electron chi connectivity index (χ2n) is 5.70. The molecule has 0 fully saturated rings. The zero-order valence-electron chi connectivity index (χ0n) is 14.2. The predicted molar refractivity (Wildman–Crippen MR) is 92.2 cm³/mol. The van der Waals surface area contributed by atoms with Crippen molar-refractivity contribution in [2.24, 2.45) is 5.73 Å². The third-order valence-corrected chi connectivity index (χ3v) is 3.62. The summed E-state index contributed by atoms with van der Waals surface area (Å²) in [4.78, 5) is 19.7. The summed E-state index contributed by atoms with van der Waals surface area (Å²) in [7, 11) is -4.04. The molecule has 10 heteroatoms. The molecule has 0 aliphatic rings. The van der Waals surface area contributed by atoms with E-state index in [-0.39, 0.29) is 10.8 Å². The van der Waals surface area contributed by atoms with Crippen LogP contribution in [-0.4, -0.2) is 41.6 Å². The average Bonchev–Trinajstić information content (AvgIpc) is 2.84. The van der Waals surface area contributed by atoms with Crippen molar-refractivity contribution in [3.63, 3.8) is 0 Å². The van der Waals surface area contributed by atoms with Crippen LogP contribution in [0.1, 0.15) is 27.3 Å². The third kappa shape index (κ3) is 4.43. The molecular formula is C15H19N5O4S. The standard InChI is InChI=1S/C15H19N5O4S/c1-8-5-9(2)7-11(6-8)13-18-10(3)12(19-13)14(21)20(15(16)17)24-25(4,22)23/h5-7H,1-4H3,(H3,16,17)(H,18,19). The zero-order valence-corrected chi connectivity index (χ0v) is 15.1. The van der Waals surface area contributed by atoms with Crippen LogP contribution >= 0.6 is 0 Å². The molecular weight excluding hydrogens is 346 g/mol. The number of aromatic amines is 1. The summed E-state index contributed by atoms with van der Waals surface area (Å²) < 4.78 is 27.0. The van der Waals surface area contributed by atoms with Crippen molar-refractivity contribution in [2.75, 3.05) is 6.26 Å². The van der Waals surface area contributed by atoms with Crippen LogP contribution in [0.2, 0.25) is 0 Å². The molecule has 4 N–H and O–H groups in total. The number of nitrogens with zero attached hydrogens (tertiary/aromatic N) is 2. The van der Waals surface area contributed by atoms with Crippen LogP contribution < -0.4 is 5.73 Å². The molecule has 9 nitrogen and oxygen atoms in total. The highest BCUT2D eigenvalue weighted by Gasteiger charge is 2.28. The number of carbonyl (C=O) groups is 1. The highest BCUT2D eigenvalue weighted by molar-refractivity contribution is 7.85. The topological polar surface area (TPSA) is 142 Å². The molecule has 0 saturated carbocycles. The van der Waals surface area contributed by atoms with Gasteiger partial charge in [0, 0.05) is 11.3 Å². The number of carbonyl (C=O) groups excluding carboxylic acids is 1. The fourth-order valence-electron chi connectivity index (χ4n) is 2.33. The smallest absolute Gasteiger partial charge is 0.306 e. The second-order valence-corrected chi connectivity index (χ2v) is 7.26. The Morgan fingerprint density at radius 1 is 1.24 bits per heavy atom. The van der Waals surface area contributed by atoms with Crippen LogP contribution in [-0.2, 0) is 14.4 Å². The van der Waals surface area contributed by atoms with E-state index in [1.807, 2.05) is 32.0 Å². The van der Waals surface area contributed by atoms with Crippen LogP contribution in [0.25, 0.3) is 11.4 Å². The van der Waals surface area contributed by atoms with E-state index in [2.05, 4.69) is 14.3 Å². The molecule has 1 amide bonds. The Morgan fingerprint density at radius 3 is 2.28 bits per heavy atom. The Kier molecular flexibility index (Phi) is 4.95. The monoisotopic (exact) mass is 365 g/mol. The lowest BCUT2D eigenvalue weighted by Gasteiger charge is -2.16. The van der Waals surface area contributed by atoms with Gasteiger partial charge in [-0.3, -0.25) is 10.2 Å². The van der Waals surface area contributed by atoms with Gasteiger partial charge < -0.3 is 10.7 Å². The van der Waals surface area contributed by atoms with Gasteiger partial charge >= 0.3 is 5.91 Å². The predicted octanol–water partition coefficient (Wildman–Crippen LogP) is 1.23. The minimum atomic E-state index is -4.04. The van der Waals surface area contributed by atoms with Crippen LogP contribution in [0, 0.1) is 26.2 Å². The van der Waals surface area contributed by atoms with Crippen molar-refractivity contribution in [3.05, 3.63) is 40.7 Å². The van der Waals surface area contributed by atoms with Gasteiger partial charge in [0.2, 0.25) is 5.96 Å². The van der Waals surface area contributed by atoms with Gasteiger partial charge in [-0.25, -0.2) is 4.98 Å². The van der Waals surface area contributed by atoms with Gasteiger partial charge in [0.25, 0.3) is 10.1 Å². The molecule has 0 unspecified atom stereocenters. The first kappa shape index (κ1) is 18.6. The molecule has 134 valence electrons. The summed E-state index contributed by atoms with van der Waals surface area (Å²) in [5, 5.41) is 7.55. The molecule has 25 heavy (non-hydrogen) atoms. The minimum Gasteiger partial charge on any atom is -0.368 e. The first-order chi connectivity index (χ1) is 11.5. The number of hydrogen-bond donors (Lipinski definition) is 3.